The molecule has 0 amide bonds. The predicted octanol–water partition coefficient (Wildman–Crippen LogP) is 1.01. The van der Waals surface area contributed by atoms with Crippen molar-refractivity contribution < 1.29 is 0 Å². The highest BCUT2D eigenvalue weighted by Gasteiger charge is 2.12. The third-order valence-electron chi connectivity index (χ3n) is 3.07. The van der Waals surface area contributed by atoms with E-state index in [0.717, 1.165) is 36.0 Å². The van der Waals surface area contributed by atoms with Gasteiger partial charge in [-0.05, 0) is 12.1 Å². The van der Waals surface area contributed by atoms with Crippen molar-refractivity contribution in [3.05, 3.63) is 24.0 Å². The normalized spacial score (nSPS) is 16.5. The third kappa shape index (κ3) is 3.76. The molecule has 1 saturated heterocycles. The predicted molar refractivity (Wildman–Crippen MR) is 82.8 cm³/mol. The number of nitrogens with two attached hydrogens (primary N) is 1. The van der Waals surface area contributed by atoms with Gasteiger partial charge >= 0.3 is 0 Å². The Kier molecular flexibility index (Phi) is 4.90. The molecule has 104 valence electrons. The van der Waals surface area contributed by atoms with Gasteiger partial charge in [-0.1, -0.05) is 0 Å². The van der Waals surface area contributed by atoms with E-state index in [1.54, 1.807) is 6.20 Å². The molecular formula is C13H21N5S. The Morgan fingerprint density at radius 3 is 2.89 bits per heavy atom. The van der Waals surface area contributed by atoms with Gasteiger partial charge in [0.15, 0.2) is 5.96 Å². The van der Waals surface area contributed by atoms with Crippen LogP contribution in [0.3, 0.4) is 0 Å². The summed E-state index contributed by atoms with van der Waals surface area (Å²) in [4.78, 5) is 13.1. The molecule has 1 aromatic heterocycles. The Morgan fingerprint density at radius 2 is 2.21 bits per heavy atom. The highest BCUT2D eigenvalue weighted by molar-refractivity contribution is 7.99. The molecule has 0 bridgehead atoms. The maximum absolute atomic E-state index is 6.05. The van der Waals surface area contributed by atoms with Crippen molar-refractivity contribution in [3.8, 4) is 0 Å². The first-order chi connectivity index (χ1) is 9.18. The number of pyridine rings is 1. The zero-order chi connectivity index (χ0) is 13.7. The van der Waals surface area contributed by atoms with Gasteiger partial charge in [0.1, 0.15) is 0 Å². The van der Waals surface area contributed by atoms with Crippen LogP contribution < -0.4 is 10.6 Å². The van der Waals surface area contributed by atoms with Gasteiger partial charge in [-0.15, -0.1) is 0 Å². The van der Waals surface area contributed by atoms with Crippen molar-refractivity contribution in [2.24, 2.45) is 10.7 Å². The number of hydrogen-bond donors (Lipinski definition) is 1. The van der Waals surface area contributed by atoms with Crippen LogP contribution in [-0.2, 0) is 6.54 Å². The lowest BCUT2D eigenvalue weighted by molar-refractivity contribution is 0.455. The maximum atomic E-state index is 6.05. The molecule has 2 heterocycles. The Balaban J connectivity index is 2.04. The molecule has 2 N–H and O–H groups in total. The van der Waals surface area contributed by atoms with Gasteiger partial charge in [-0.25, -0.2) is 4.99 Å². The number of hydrogen-bond acceptors (Lipinski definition) is 4. The minimum Gasteiger partial charge on any atom is -0.376 e. The first-order valence-electron chi connectivity index (χ1n) is 6.42. The SMILES string of the molecule is CN(C)c1cccnc1CN=C(N)N1CCSCC1. The van der Waals surface area contributed by atoms with E-state index in [4.69, 9.17) is 5.73 Å². The van der Waals surface area contributed by atoms with E-state index in [1.165, 1.54) is 0 Å². The molecule has 1 aromatic rings. The number of guanidine groups is 1. The van der Waals surface area contributed by atoms with Crippen LogP contribution in [0, 0.1) is 0 Å². The summed E-state index contributed by atoms with van der Waals surface area (Å²) >= 11 is 1.97. The van der Waals surface area contributed by atoms with E-state index in [-0.39, 0.29) is 0 Å². The minimum absolute atomic E-state index is 0.532. The van der Waals surface area contributed by atoms with Crippen LogP contribution in [0.15, 0.2) is 23.3 Å². The summed E-state index contributed by atoms with van der Waals surface area (Å²) in [6, 6.07) is 3.99. The van der Waals surface area contributed by atoms with Gasteiger partial charge in [0.25, 0.3) is 0 Å². The summed E-state index contributed by atoms with van der Waals surface area (Å²) in [6.45, 7) is 2.51. The van der Waals surface area contributed by atoms with Crippen molar-refractivity contribution in [1.82, 2.24) is 9.88 Å². The van der Waals surface area contributed by atoms with Gasteiger partial charge in [0.05, 0.1) is 17.9 Å². The molecule has 0 saturated carbocycles. The highest BCUT2D eigenvalue weighted by atomic mass is 32.2. The van der Waals surface area contributed by atoms with E-state index < -0.39 is 0 Å². The molecule has 0 spiro atoms. The van der Waals surface area contributed by atoms with E-state index in [1.807, 2.05) is 42.9 Å². The van der Waals surface area contributed by atoms with E-state index in [9.17, 15) is 0 Å². The molecule has 0 atom stereocenters. The lowest BCUT2D eigenvalue weighted by Gasteiger charge is -2.27. The van der Waals surface area contributed by atoms with Crippen molar-refractivity contribution in [2.75, 3.05) is 43.6 Å². The molecule has 2 rings (SSSR count). The number of aliphatic imine (C=N–C) groups is 1. The summed E-state index contributed by atoms with van der Waals surface area (Å²) in [5.74, 6) is 2.89. The van der Waals surface area contributed by atoms with Crippen LogP contribution in [0.5, 0.6) is 0 Å². The molecular weight excluding hydrogens is 258 g/mol. The molecule has 19 heavy (non-hydrogen) atoms. The molecule has 1 aliphatic rings. The monoisotopic (exact) mass is 279 g/mol. The number of thioether (sulfide) groups is 1. The van der Waals surface area contributed by atoms with Crippen molar-refractivity contribution >= 4 is 23.4 Å². The standard InChI is InChI=1S/C13H21N5S/c1-17(2)12-4-3-5-15-11(12)10-16-13(14)18-6-8-19-9-7-18/h3-5H,6-10H2,1-2H3,(H2,14,16). The second-order valence-corrected chi connectivity index (χ2v) is 5.86. The molecule has 1 fully saturated rings. The van der Waals surface area contributed by atoms with Crippen LogP contribution in [0.4, 0.5) is 5.69 Å². The van der Waals surface area contributed by atoms with Crippen LogP contribution in [0.2, 0.25) is 0 Å². The first-order valence-corrected chi connectivity index (χ1v) is 7.58. The van der Waals surface area contributed by atoms with E-state index >= 15 is 0 Å². The fourth-order valence-electron chi connectivity index (χ4n) is 2.01. The Labute approximate surface area is 118 Å². The lowest BCUT2D eigenvalue weighted by atomic mass is 10.3. The maximum Gasteiger partial charge on any atom is 0.191 e. The Hall–Kier alpha value is -1.43. The molecule has 5 nitrogen and oxygen atoms in total. The van der Waals surface area contributed by atoms with Crippen LogP contribution in [0.25, 0.3) is 0 Å². The Morgan fingerprint density at radius 1 is 1.47 bits per heavy atom. The van der Waals surface area contributed by atoms with Gasteiger partial charge in [0.2, 0.25) is 0 Å². The summed E-state index contributed by atoms with van der Waals surface area (Å²) in [5.41, 5.74) is 8.10. The fraction of sp³-hybridized carbons (Fsp3) is 0.538. The number of aromatic nitrogens is 1. The summed E-state index contributed by atoms with van der Waals surface area (Å²) in [6.07, 6.45) is 1.80. The minimum atomic E-state index is 0.532. The molecule has 0 aromatic carbocycles. The lowest BCUT2D eigenvalue weighted by Crippen LogP contribution is -2.42. The molecule has 6 heteroatoms. The molecule has 0 radical (unpaired) electrons. The second kappa shape index (κ2) is 6.65. The molecule has 1 aliphatic heterocycles. The van der Waals surface area contributed by atoms with Crippen molar-refractivity contribution in [3.63, 3.8) is 0 Å². The van der Waals surface area contributed by atoms with Gasteiger partial charge in [-0.3, -0.25) is 4.98 Å². The zero-order valence-corrected chi connectivity index (χ0v) is 12.4. The van der Waals surface area contributed by atoms with Crippen LogP contribution in [0.1, 0.15) is 5.69 Å². The number of anilines is 1. The Bertz CT molecular complexity index is 440. The number of nitrogens with zero attached hydrogens (tertiary/aromatic N) is 4. The topological polar surface area (TPSA) is 57.8 Å². The van der Waals surface area contributed by atoms with Crippen molar-refractivity contribution in [1.29, 1.82) is 0 Å². The van der Waals surface area contributed by atoms with E-state index in [0.29, 0.717) is 12.5 Å². The average molecular weight is 279 g/mol. The summed E-state index contributed by atoms with van der Waals surface area (Å²) < 4.78 is 0. The third-order valence-corrected chi connectivity index (χ3v) is 4.02. The summed E-state index contributed by atoms with van der Waals surface area (Å²) in [5, 5.41) is 0. The van der Waals surface area contributed by atoms with Gasteiger partial charge in [0, 0.05) is 44.9 Å². The smallest absolute Gasteiger partial charge is 0.191 e. The van der Waals surface area contributed by atoms with Crippen LogP contribution in [-0.4, -0.2) is 54.5 Å². The van der Waals surface area contributed by atoms with Crippen LogP contribution >= 0.6 is 11.8 Å². The number of rotatable bonds is 3. The van der Waals surface area contributed by atoms with Gasteiger partial charge < -0.3 is 15.5 Å². The highest BCUT2D eigenvalue weighted by Crippen LogP contribution is 2.16. The summed E-state index contributed by atoms with van der Waals surface area (Å²) in [7, 11) is 4.02. The quantitative estimate of drug-likeness (QED) is 0.661. The molecule has 0 unspecified atom stereocenters. The molecule has 0 aliphatic carbocycles. The fourth-order valence-corrected chi connectivity index (χ4v) is 2.91. The zero-order valence-electron chi connectivity index (χ0n) is 11.5. The van der Waals surface area contributed by atoms with Crippen molar-refractivity contribution in [2.45, 2.75) is 6.54 Å². The second-order valence-electron chi connectivity index (χ2n) is 4.64. The average Bonchev–Trinajstić information content (AvgIpc) is 2.46. The first kappa shape index (κ1) is 14.0. The van der Waals surface area contributed by atoms with Gasteiger partial charge in [-0.2, -0.15) is 11.8 Å². The van der Waals surface area contributed by atoms with E-state index in [2.05, 4.69) is 14.9 Å². The largest absolute Gasteiger partial charge is 0.376 e.